The molecule has 2 aromatic carbocycles. The summed E-state index contributed by atoms with van der Waals surface area (Å²) < 4.78 is 0. The van der Waals surface area contributed by atoms with Gasteiger partial charge in [-0.15, -0.1) is 20.5 Å². The van der Waals surface area contributed by atoms with Crippen molar-refractivity contribution in [2.24, 2.45) is 20.5 Å². The summed E-state index contributed by atoms with van der Waals surface area (Å²) in [5, 5.41) is 37.4. The molecule has 0 radical (unpaired) electrons. The molecule has 0 spiro atoms. The van der Waals surface area contributed by atoms with Crippen molar-refractivity contribution >= 4 is 68.2 Å². The molecule has 10 nitrogen and oxygen atoms in total. The summed E-state index contributed by atoms with van der Waals surface area (Å²) >= 11 is 12.0. The topological polar surface area (TPSA) is 156 Å². The fraction of sp³-hybridized carbons (Fsp3) is 0.308. The van der Waals surface area contributed by atoms with Crippen LogP contribution in [0.1, 0.15) is 51.4 Å². The quantitative estimate of drug-likeness (QED) is 0.108. The van der Waals surface area contributed by atoms with Crippen LogP contribution < -0.4 is 0 Å². The average Bonchev–Trinajstić information content (AvgIpc) is 3.36. The van der Waals surface area contributed by atoms with Gasteiger partial charge >= 0.3 is 0 Å². The summed E-state index contributed by atoms with van der Waals surface area (Å²) in [4.78, 5) is 29.7. The number of halogens is 2. The molecule has 38 heavy (non-hydrogen) atoms. The van der Waals surface area contributed by atoms with E-state index in [2.05, 4.69) is 30.4 Å². The van der Waals surface area contributed by atoms with Crippen LogP contribution in [0.5, 0.6) is 11.8 Å². The maximum atomic E-state index is 12.1. The lowest BCUT2D eigenvalue weighted by molar-refractivity contribution is -0.119. The first kappa shape index (κ1) is 27.3. The molecule has 0 saturated heterocycles. The number of azo groups is 2. The SMILES string of the molecule is O=C(CCCCCCCCC(=O)N=Nc1c(O)[nH]c2ccc(Cl)cc12)N=Nc1c(O)[nH]c2ccc(Cl)cc12. The van der Waals surface area contributed by atoms with Crippen LogP contribution in [0.4, 0.5) is 11.4 Å². The van der Waals surface area contributed by atoms with Gasteiger partial charge in [-0.1, -0.05) is 48.9 Å². The monoisotopic (exact) mass is 556 g/mol. The second kappa shape index (κ2) is 12.7. The summed E-state index contributed by atoms with van der Waals surface area (Å²) in [6, 6.07) is 10.1. The number of fused-ring (bicyclic) bond motifs is 2. The van der Waals surface area contributed by atoms with Crippen molar-refractivity contribution in [3.63, 3.8) is 0 Å². The Bertz CT molecular complexity index is 1410. The predicted molar refractivity (Wildman–Crippen MR) is 146 cm³/mol. The Morgan fingerprint density at radius 1 is 0.658 bits per heavy atom. The number of amides is 2. The normalized spacial score (nSPS) is 11.9. The number of nitrogens with zero attached hydrogens (tertiary/aromatic N) is 4. The molecule has 4 N–H and O–H groups in total. The van der Waals surface area contributed by atoms with Gasteiger partial charge in [0.15, 0.2) is 11.4 Å². The summed E-state index contributed by atoms with van der Waals surface area (Å²) in [5.41, 5.74) is 1.68. The largest absolute Gasteiger partial charge is 0.493 e. The van der Waals surface area contributed by atoms with Gasteiger partial charge in [-0.25, -0.2) is 0 Å². The number of aromatic hydroxyl groups is 2. The van der Waals surface area contributed by atoms with E-state index in [9.17, 15) is 19.8 Å². The molecule has 0 aliphatic rings. The summed E-state index contributed by atoms with van der Waals surface area (Å²) in [6.45, 7) is 0. The van der Waals surface area contributed by atoms with E-state index in [-0.39, 0.29) is 47.8 Å². The number of carbonyl (C=O) groups is 2. The van der Waals surface area contributed by atoms with Gasteiger partial charge in [0, 0.05) is 33.7 Å². The highest BCUT2D eigenvalue weighted by Crippen LogP contribution is 2.37. The van der Waals surface area contributed by atoms with Crippen LogP contribution in [-0.4, -0.2) is 32.0 Å². The number of unbranched alkanes of at least 4 members (excludes halogenated alkanes) is 5. The van der Waals surface area contributed by atoms with Crippen molar-refractivity contribution in [3.8, 4) is 11.8 Å². The number of aromatic amines is 2. The number of rotatable bonds is 11. The fourth-order valence-electron chi connectivity index (χ4n) is 4.04. The van der Waals surface area contributed by atoms with Crippen LogP contribution in [-0.2, 0) is 9.59 Å². The number of benzene rings is 2. The molecule has 2 amide bonds. The first-order valence-electron chi connectivity index (χ1n) is 12.2. The average molecular weight is 557 g/mol. The predicted octanol–water partition coefficient (Wildman–Crippen LogP) is 8.41. The molecule has 0 fully saturated rings. The molecule has 0 aliphatic carbocycles. The van der Waals surface area contributed by atoms with Crippen LogP contribution in [0.2, 0.25) is 10.0 Å². The molecular weight excluding hydrogens is 531 g/mol. The zero-order valence-corrected chi connectivity index (χ0v) is 21.9. The molecule has 0 atom stereocenters. The summed E-state index contributed by atoms with van der Waals surface area (Å²) in [6.07, 6.45) is 5.42. The van der Waals surface area contributed by atoms with Crippen LogP contribution in [0.25, 0.3) is 21.8 Å². The van der Waals surface area contributed by atoms with Crippen LogP contribution in [0, 0.1) is 0 Å². The lowest BCUT2D eigenvalue weighted by Gasteiger charge is -2.00. The van der Waals surface area contributed by atoms with E-state index >= 15 is 0 Å². The van der Waals surface area contributed by atoms with E-state index in [1.807, 2.05) is 0 Å². The minimum atomic E-state index is -0.361. The Hall–Kier alpha value is -3.76. The van der Waals surface area contributed by atoms with Gasteiger partial charge in [0.25, 0.3) is 11.8 Å². The van der Waals surface area contributed by atoms with Gasteiger partial charge in [-0.05, 0) is 49.2 Å². The standard InChI is InChI=1S/C26H26Cl2N6O4/c27-15-9-11-19-17(13-15)23(25(37)29-19)33-31-21(35)7-5-3-1-2-4-6-8-22(36)32-34-24-18-14-16(28)10-12-20(18)30-26(24)38/h9-14,29-30,37-38H,1-8H2. The van der Waals surface area contributed by atoms with Gasteiger partial charge in [0.05, 0.1) is 11.0 Å². The summed E-state index contributed by atoms with van der Waals surface area (Å²) in [5.74, 6) is -1.06. The number of H-pyrrole nitrogens is 2. The number of carbonyl (C=O) groups excluding carboxylic acids is 2. The fourth-order valence-corrected chi connectivity index (χ4v) is 4.39. The van der Waals surface area contributed by atoms with Crippen molar-refractivity contribution in [2.75, 3.05) is 0 Å². The lowest BCUT2D eigenvalue weighted by atomic mass is 10.1. The first-order chi connectivity index (χ1) is 18.3. The van der Waals surface area contributed by atoms with Gasteiger partial charge in [0.2, 0.25) is 11.8 Å². The van der Waals surface area contributed by atoms with E-state index in [0.29, 0.717) is 44.7 Å². The first-order valence-corrected chi connectivity index (χ1v) is 13.0. The van der Waals surface area contributed by atoms with Crippen LogP contribution in [0.3, 0.4) is 0 Å². The minimum absolute atomic E-state index is 0.167. The van der Waals surface area contributed by atoms with Crippen molar-refractivity contribution in [2.45, 2.75) is 51.4 Å². The van der Waals surface area contributed by atoms with E-state index in [1.165, 1.54) is 0 Å². The molecule has 12 heteroatoms. The van der Waals surface area contributed by atoms with Crippen LogP contribution in [0.15, 0.2) is 56.9 Å². The van der Waals surface area contributed by atoms with Gasteiger partial charge in [-0.3, -0.25) is 9.59 Å². The Morgan fingerprint density at radius 3 is 1.47 bits per heavy atom. The molecule has 0 bridgehead atoms. The molecule has 4 rings (SSSR count). The van der Waals surface area contributed by atoms with Gasteiger partial charge in [0.1, 0.15) is 0 Å². The molecular formula is C26H26Cl2N6O4. The Kier molecular flexibility index (Phi) is 9.09. The molecule has 4 aromatic rings. The van der Waals surface area contributed by atoms with E-state index < -0.39 is 0 Å². The second-order valence-electron chi connectivity index (χ2n) is 8.83. The zero-order valence-electron chi connectivity index (χ0n) is 20.4. The number of hydrogen-bond donors (Lipinski definition) is 4. The maximum Gasteiger partial charge on any atom is 0.264 e. The Balaban J connectivity index is 1.11. The van der Waals surface area contributed by atoms with Crippen molar-refractivity contribution in [3.05, 3.63) is 46.4 Å². The van der Waals surface area contributed by atoms with Crippen molar-refractivity contribution in [1.82, 2.24) is 9.97 Å². The lowest BCUT2D eigenvalue weighted by Crippen LogP contribution is -1.93. The third-order valence-corrected chi connectivity index (χ3v) is 6.45. The Morgan fingerprint density at radius 2 is 1.05 bits per heavy atom. The highest BCUT2D eigenvalue weighted by Gasteiger charge is 2.13. The minimum Gasteiger partial charge on any atom is -0.493 e. The summed E-state index contributed by atoms with van der Waals surface area (Å²) in [7, 11) is 0. The maximum absolute atomic E-state index is 12.1. The third kappa shape index (κ3) is 6.96. The van der Waals surface area contributed by atoms with Gasteiger partial charge < -0.3 is 20.2 Å². The van der Waals surface area contributed by atoms with E-state index in [0.717, 1.165) is 25.7 Å². The van der Waals surface area contributed by atoms with Crippen molar-refractivity contribution < 1.29 is 19.8 Å². The molecule has 2 aromatic heterocycles. The number of nitrogens with one attached hydrogen (secondary N) is 2. The van der Waals surface area contributed by atoms with Gasteiger partial charge in [-0.2, -0.15) is 0 Å². The highest BCUT2D eigenvalue weighted by molar-refractivity contribution is 6.31. The highest BCUT2D eigenvalue weighted by atomic mass is 35.5. The molecule has 198 valence electrons. The third-order valence-electron chi connectivity index (χ3n) is 5.98. The van der Waals surface area contributed by atoms with E-state index in [1.54, 1.807) is 36.4 Å². The second-order valence-corrected chi connectivity index (χ2v) is 9.71. The smallest absolute Gasteiger partial charge is 0.264 e. The molecule has 0 unspecified atom stereocenters. The van der Waals surface area contributed by atoms with E-state index in [4.69, 9.17) is 23.2 Å². The van der Waals surface area contributed by atoms with Crippen molar-refractivity contribution in [1.29, 1.82) is 0 Å². The van der Waals surface area contributed by atoms with Crippen LogP contribution >= 0.6 is 23.2 Å². The molecule has 2 heterocycles. The number of hydrogen-bond acceptors (Lipinski definition) is 6. The zero-order chi connectivity index (χ0) is 27.1. The number of aromatic nitrogens is 2. The molecule has 0 saturated carbocycles. The Labute approximate surface area is 227 Å². The molecule has 0 aliphatic heterocycles.